The van der Waals surface area contributed by atoms with Gasteiger partial charge in [0.25, 0.3) is 0 Å². The van der Waals surface area contributed by atoms with Gasteiger partial charge < -0.3 is 9.64 Å². The van der Waals surface area contributed by atoms with Crippen LogP contribution in [0.4, 0.5) is 0 Å². The van der Waals surface area contributed by atoms with Gasteiger partial charge in [0.05, 0.1) is 25.0 Å². The third-order valence-electron chi connectivity index (χ3n) is 4.27. The third-order valence-corrected chi connectivity index (χ3v) is 5.11. The molecule has 1 aliphatic heterocycles. The molecular formula is C18H23N3O2S. The highest BCUT2D eigenvalue weighted by molar-refractivity contribution is 7.10. The van der Waals surface area contributed by atoms with Gasteiger partial charge in [0.2, 0.25) is 5.91 Å². The van der Waals surface area contributed by atoms with E-state index in [4.69, 9.17) is 4.74 Å². The van der Waals surface area contributed by atoms with E-state index in [2.05, 4.69) is 12.0 Å². The summed E-state index contributed by atoms with van der Waals surface area (Å²) in [4.78, 5) is 15.6. The Morgan fingerprint density at radius 1 is 1.50 bits per heavy atom. The Balaban J connectivity index is 1.78. The van der Waals surface area contributed by atoms with E-state index in [0.717, 1.165) is 17.1 Å². The minimum absolute atomic E-state index is 0.0411. The maximum atomic E-state index is 12.6. The van der Waals surface area contributed by atoms with Crippen molar-refractivity contribution in [2.45, 2.75) is 32.9 Å². The van der Waals surface area contributed by atoms with E-state index in [9.17, 15) is 4.79 Å². The molecule has 3 rings (SSSR count). The molecule has 1 atom stereocenters. The number of thiophene rings is 1. The van der Waals surface area contributed by atoms with Crippen LogP contribution < -0.4 is 0 Å². The Labute approximate surface area is 146 Å². The lowest BCUT2D eigenvalue weighted by Crippen LogP contribution is -2.39. The lowest BCUT2D eigenvalue weighted by atomic mass is 9.95. The van der Waals surface area contributed by atoms with Gasteiger partial charge in [0.1, 0.15) is 0 Å². The molecule has 0 saturated heterocycles. The molecule has 128 valence electrons. The topological polar surface area (TPSA) is 47.4 Å². The van der Waals surface area contributed by atoms with Gasteiger partial charge in [-0.15, -0.1) is 11.3 Å². The van der Waals surface area contributed by atoms with Crippen LogP contribution in [-0.4, -0.2) is 40.3 Å². The normalized spacial score (nSPS) is 17.4. The zero-order valence-corrected chi connectivity index (χ0v) is 15.0. The number of hydrogen-bond donors (Lipinski definition) is 0. The van der Waals surface area contributed by atoms with Gasteiger partial charge in [-0.3, -0.25) is 9.48 Å². The fourth-order valence-electron chi connectivity index (χ4n) is 3.04. The maximum Gasteiger partial charge on any atom is 0.246 e. The van der Waals surface area contributed by atoms with Gasteiger partial charge in [-0.05, 0) is 31.4 Å². The van der Waals surface area contributed by atoms with Gasteiger partial charge in [0, 0.05) is 42.1 Å². The van der Waals surface area contributed by atoms with Crippen LogP contribution in [-0.2, 0) is 22.6 Å². The number of rotatable bonds is 6. The Hall–Kier alpha value is -1.92. The number of ether oxygens (including phenoxy) is 1. The molecule has 0 fully saturated rings. The molecule has 0 aliphatic carbocycles. The summed E-state index contributed by atoms with van der Waals surface area (Å²) in [5.41, 5.74) is 2.35. The Kier molecular flexibility index (Phi) is 5.48. The van der Waals surface area contributed by atoms with Crippen molar-refractivity contribution in [1.82, 2.24) is 14.7 Å². The van der Waals surface area contributed by atoms with Gasteiger partial charge in [-0.2, -0.15) is 5.10 Å². The first kappa shape index (κ1) is 16.9. The second kappa shape index (κ2) is 7.77. The summed E-state index contributed by atoms with van der Waals surface area (Å²) < 4.78 is 7.61. The Bertz CT molecular complexity index is 706. The number of aryl methyl sites for hydroxylation is 1. The lowest BCUT2D eigenvalue weighted by molar-refractivity contribution is -0.127. The highest BCUT2D eigenvalue weighted by atomic mass is 32.1. The number of amides is 1. The molecule has 3 heterocycles. The molecule has 0 spiro atoms. The Morgan fingerprint density at radius 2 is 2.38 bits per heavy atom. The van der Waals surface area contributed by atoms with Crippen LogP contribution in [0.5, 0.6) is 0 Å². The number of hydrogen-bond acceptors (Lipinski definition) is 4. The summed E-state index contributed by atoms with van der Waals surface area (Å²) in [6.07, 6.45) is 5.49. The highest BCUT2D eigenvalue weighted by Crippen LogP contribution is 2.29. The first-order chi connectivity index (χ1) is 11.7. The Morgan fingerprint density at radius 3 is 3.08 bits per heavy atom. The smallest absolute Gasteiger partial charge is 0.246 e. The van der Waals surface area contributed by atoms with Crippen molar-refractivity contribution in [2.24, 2.45) is 0 Å². The summed E-state index contributed by atoms with van der Waals surface area (Å²) in [7, 11) is 0. The van der Waals surface area contributed by atoms with Crippen molar-refractivity contribution >= 4 is 23.3 Å². The van der Waals surface area contributed by atoms with Crippen LogP contribution >= 0.6 is 11.3 Å². The summed E-state index contributed by atoms with van der Waals surface area (Å²) in [5.74, 6) is 0.229. The van der Waals surface area contributed by atoms with Crippen LogP contribution in [0.3, 0.4) is 0 Å². The minimum atomic E-state index is 0.0411. The molecule has 6 heteroatoms. The fourth-order valence-corrected chi connectivity index (χ4v) is 3.65. The summed E-state index contributed by atoms with van der Waals surface area (Å²) in [6.45, 7) is 7.46. The number of carbonyl (C=O) groups is 1. The number of aromatic nitrogens is 2. The monoisotopic (exact) mass is 345 g/mol. The first-order valence-corrected chi connectivity index (χ1v) is 9.23. The van der Waals surface area contributed by atoms with Gasteiger partial charge in [0.15, 0.2) is 0 Å². The quantitative estimate of drug-likeness (QED) is 0.756. The molecule has 24 heavy (non-hydrogen) atoms. The second-order valence-corrected chi connectivity index (χ2v) is 6.77. The largest absolute Gasteiger partial charge is 0.381 e. The second-order valence-electron chi connectivity index (χ2n) is 5.79. The van der Waals surface area contributed by atoms with Gasteiger partial charge in [-0.1, -0.05) is 6.07 Å². The molecule has 1 aliphatic rings. The SMILES string of the molecule is CCOCC1CN(C(=O)/C=C/c2cccs2)Cc2c1cnn2CC. The molecule has 1 unspecified atom stereocenters. The number of carbonyl (C=O) groups excluding carboxylic acids is 1. The summed E-state index contributed by atoms with van der Waals surface area (Å²) in [6, 6.07) is 3.99. The van der Waals surface area contributed by atoms with E-state index in [0.29, 0.717) is 26.3 Å². The predicted octanol–water partition coefficient (Wildman–Crippen LogP) is 3.14. The molecule has 1 amide bonds. The van der Waals surface area contributed by atoms with Gasteiger partial charge >= 0.3 is 0 Å². The summed E-state index contributed by atoms with van der Waals surface area (Å²) in [5, 5.41) is 6.47. The minimum Gasteiger partial charge on any atom is -0.381 e. The predicted molar refractivity (Wildman–Crippen MR) is 95.9 cm³/mol. The van der Waals surface area contributed by atoms with Gasteiger partial charge in [-0.25, -0.2) is 0 Å². The zero-order valence-electron chi connectivity index (χ0n) is 14.1. The van der Waals surface area contributed by atoms with E-state index >= 15 is 0 Å². The molecule has 0 aromatic carbocycles. The molecule has 0 N–H and O–H groups in total. The molecule has 5 nitrogen and oxygen atoms in total. The highest BCUT2D eigenvalue weighted by Gasteiger charge is 2.30. The average molecular weight is 345 g/mol. The maximum absolute atomic E-state index is 12.6. The zero-order chi connectivity index (χ0) is 16.9. The molecule has 0 saturated carbocycles. The van der Waals surface area contributed by atoms with Crippen molar-refractivity contribution in [3.05, 3.63) is 45.9 Å². The molecule has 0 bridgehead atoms. The third kappa shape index (κ3) is 3.60. The van der Waals surface area contributed by atoms with Crippen molar-refractivity contribution in [1.29, 1.82) is 0 Å². The average Bonchev–Trinajstić information content (AvgIpc) is 3.26. The van der Waals surface area contributed by atoms with Crippen LogP contribution in [0.25, 0.3) is 6.08 Å². The van der Waals surface area contributed by atoms with E-state index < -0.39 is 0 Å². The number of fused-ring (bicyclic) bond motifs is 1. The van der Waals surface area contributed by atoms with Crippen LogP contribution in [0.1, 0.15) is 35.9 Å². The number of nitrogens with zero attached hydrogens (tertiary/aromatic N) is 3. The van der Waals surface area contributed by atoms with Crippen LogP contribution in [0.2, 0.25) is 0 Å². The van der Waals surface area contributed by atoms with Crippen LogP contribution in [0, 0.1) is 0 Å². The fraction of sp³-hybridized carbons (Fsp3) is 0.444. The first-order valence-electron chi connectivity index (χ1n) is 8.35. The molecular weight excluding hydrogens is 322 g/mol. The van der Waals surface area contributed by atoms with E-state index in [1.807, 2.05) is 46.3 Å². The molecule has 0 radical (unpaired) electrons. The van der Waals surface area contributed by atoms with E-state index in [-0.39, 0.29) is 11.8 Å². The lowest BCUT2D eigenvalue weighted by Gasteiger charge is -2.32. The van der Waals surface area contributed by atoms with Crippen LogP contribution in [0.15, 0.2) is 29.8 Å². The van der Waals surface area contributed by atoms with E-state index in [1.54, 1.807) is 17.4 Å². The van der Waals surface area contributed by atoms with Crippen molar-refractivity contribution in [2.75, 3.05) is 19.8 Å². The molecule has 2 aromatic rings. The van der Waals surface area contributed by atoms with Crippen molar-refractivity contribution in [3.8, 4) is 0 Å². The van der Waals surface area contributed by atoms with Crippen molar-refractivity contribution in [3.63, 3.8) is 0 Å². The standard InChI is InChI=1S/C18H23N3O2S/c1-3-21-17-12-20(18(22)8-7-15-6-5-9-24-15)11-14(13-23-4-2)16(17)10-19-21/h5-10,14H,3-4,11-13H2,1-2H3/b8-7+. The van der Waals surface area contributed by atoms with E-state index in [1.165, 1.54) is 5.56 Å². The summed E-state index contributed by atoms with van der Waals surface area (Å²) >= 11 is 1.63. The molecule has 2 aromatic heterocycles. The van der Waals surface area contributed by atoms with Crippen molar-refractivity contribution < 1.29 is 9.53 Å².